The van der Waals surface area contributed by atoms with E-state index in [1.54, 1.807) is 0 Å². The van der Waals surface area contributed by atoms with Crippen LogP contribution in [-0.4, -0.2) is 16.3 Å². The summed E-state index contributed by atoms with van der Waals surface area (Å²) in [5, 5.41) is 3.53. The van der Waals surface area contributed by atoms with E-state index >= 15 is 0 Å². The highest BCUT2D eigenvalue weighted by Gasteiger charge is 2.32. The molecule has 2 rings (SSSR count). The second-order valence-corrected chi connectivity index (χ2v) is 5.61. The number of para-hydroxylation sites is 1. The molecule has 0 spiro atoms. The molecule has 0 bridgehead atoms. The van der Waals surface area contributed by atoms with Crippen LogP contribution in [-0.2, 0) is 4.79 Å². The van der Waals surface area contributed by atoms with Gasteiger partial charge < -0.3 is 5.32 Å². The van der Waals surface area contributed by atoms with E-state index in [2.05, 4.69) is 10.3 Å². The van der Waals surface area contributed by atoms with Gasteiger partial charge in [-0.05, 0) is 24.5 Å². The number of rotatable bonds is 2. The van der Waals surface area contributed by atoms with Gasteiger partial charge in [0.05, 0.1) is 10.9 Å². The zero-order chi connectivity index (χ0) is 12.4. The van der Waals surface area contributed by atoms with Crippen molar-refractivity contribution in [3.05, 3.63) is 29.8 Å². The minimum Gasteiger partial charge on any atom is -0.304 e. The molecular formula is C13H18N2OS. The zero-order valence-corrected chi connectivity index (χ0v) is 11.0. The molecule has 17 heavy (non-hydrogen) atoms. The van der Waals surface area contributed by atoms with Gasteiger partial charge in [0.25, 0.3) is 0 Å². The van der Waals surface area contributed by atoms with Crippen LogP contribution in [0.15, 0.2) is 29.3 Å². The SMILES string of the molecule is Cc1ccccc1N=C1NC(=O)C(C(C)C)S1.[HH]. The Kier molecular flexibility index (Phi) is 3.52. The van der Waals surface area contributed by atoms with Crippen LogP contribution < -0.4 is 5.32 Å². The highest BCUT2D eigenvalue weighted by atomic mass is 32.2. The Balaban J connectivity index is 0.00000162. The minimum absolute atomic E-state index is 0. The Morgan fingerprint density at radius 2 is 2.12 bits per heavy atom. The molecule has 0 aromatic heterocycles. The van der Waals surface area contributed by atoms with Gasteiger partial charge in [0.15, 0.2) is 5.17 Å². The molecular weight excluding hydrogens is 232 g/mol. The predicted molar refractivity (Wildman–Crippen MR) is 74.7 cm³/mol. The Labute approximate surface area is 107 Å². The van der Waals surface area contributed by atoms with Gasteiger partial charge in [-0.25, -0.2) is 4.99 Å². The monoisotopic (exact) mass is 250 g/mol. The van der Waals surface area contributed by atoms with E-state index in [4.69, 9.17) is 0 Å². The maximum absolute atomic E-state index is 11.7. The molecule has 0 aliphatic carbocycles. The van der Waals surface area contributed by atoms with Crippen LogP contribution in [0.5, 0.6) is 0 Å². The van der Waals surface area contributed by atoms with Crippen molar-refractivity contribution in [2.75, 3.05) is 0 Å². The Bertz CT molecular complexity index is 474. The van der Waals surface area contributed by atoms with E-state index in [-0.39, 0.29) is 12.6 Å². The number of carbonyl (C=O) groups is 1. The molecule has 1 aromatic rings. The fourth-order valence-electron chi connectivity index (χ4n) is 1.67. The van der Waals surface area contributed by atoms with Crippen molar-refractivity contribution in [2.24, 2.45) is 10.9 Å². The second kappa shape index (κ2) is 4.92. The molecule has 1 atom stereocenters. The lowest BCUT2D eigenvalue weighted by molar-refractivity contribution is -0.119. The lowest BCUT2D eigenvalue weighted by atomic mass is 10.1. The van der Waals surface area contributed by atoms with Gasteiger partial charge in [0.1, 0.15) is 0 Å². The smallest absolute Gasteiger partial charge is 0.239 e. The fourth-order valence-corrected chi connectivity index (χ4v) is 2.66. The molecule has 1 aromatic carbocycles. The number of benzene rings is 1. The topological polar surface area (TPSA) is 41.5 Å². The van der Waals surface area contributed by atoms with Gasteiger partial charge in [0.2, 0.25) is 5.91 Å². The van der Waals surface area contributed by atoms with Crippen molar-refractivity contribution in [1.29, 1.82) is 0 Å². The number of amides is 1. The maximum atomic E-state index is 11.7. The first-order valence-corrected chi connectivity index (χ1v) is 6.57. The molecule has 1 N–H and O–H groups in total. The zero-order valence-electron chi connectivity index (χ0n) is 10.2. The highest BCUT2D eigenvalue weighted by molar-refractivity contribution is 8.15. The summed E-state index contributed by atoms with van der Waals surface area (Å²) in [6.07, 6.45) is 0. The van der Waals surface area contributed by atoms with Crippen LogP contribution >= 0.6 is 11.8 Å². The summed E-state index contributed by atoms with van der Waals surface area (Å²) in [6.45, 7) is 6.11. The Morgan fingerprint density at radius 1 is 1.41 bits per heavy atom. The molecule has 92 valence electrons. The van der Waals surface area contributed by atoms with Gasteiger partial charge in [-0.2, -0.15) is 0 Å². The summed E-state index contributed by atoms with van der Waals surface area (Å²) in [4.78, 5) is 16.2. The second-order valence-electron chi connectivity index (χ2n) is 4.48. The van der Waals surface area contributed by atoms with Crippen LogP contribution in [0.3, 0.4) is 0 Å². The molecule has 1 saturated heterocycles. The minimum atomic E-state index is -0.0160. The van der Waals surface area contributed by atoms with Crippen LogP contribution in [0.2, 0.25) is 0 Å². The van der Waals surface area contributed by atoms with E-state index < -0.39 is 0 Å². The molecule has 4 heteroatoms. The van der Waals surface area contributed by atoms with Gasteiger partial charge in [-0.3, -0.25) is 4.79 Å². The number of hydrogen-bond acceptors (Lipinski definition) is 3. The largest absolute Gasteiger partial charge is 0.304 e. The third kappa shape index (κ3) is 2.69. The van der Waals surface area contributed by atoms with Gasteiger partial charge in [-0.15, -0.1) is 0 Å². The van der Waals surface area contributed by atoms with Crippen LogP contribution in [0.4, 0.5) is 5.69 Å². The Morgan fingerprint density at radius 3 is 2.71 bits per heavy atom. The quantitative estimate of drug-likeness (QED) is 0.876. The molecule has 1 aliphatic heterocycles. The summed E-state index contributed by atoms with van der Waals surface area (Å²) in [6, 6.07) is 7.91. The lowest BCUT2D eigenvalue weighted by Crippen LogP contribution is -2.27. The van der Waals surface area contributed by atoms with Gasteiger partial charge in [-0.1, -0.05) is 43.8 Å². The Hall–Kier alpha value is -1.29. The number of hydrogen-bond donors (Lipinski definition) is 1. The third-order valence-electron chi connectivity index (χ3n) is 2.67. The maximum Gasteiger partial charge on any atom is 0.239 e. The van der Waals surface area contributed by atoms with Gasteiger partial charge in [0, 0.05) is 1.43 Å². The van der Waals surface area contributed by atoms with E-state index in [1.807, 2.05) is 45.0 Å². The van der Waals surface area contributed by atoms with Crippen molar-refractivity contribution >= 4 is 28.5 Å². The lowest BCUT2D eigenvalue weighted by Gasteiger charge is -2.07. The summed E-state index contributed by atoms with van der Waals surface area (Å²) in [5.41, 5.74) is 2.03. The van der Waals surface area contributed by atoms with Crippen molar-refractivity contribution < 1.29 is 6.22 Å². The average Bonchev–Trinajstić information content (AvgIpc) is 2.63. The van der Waals surface area contributed by atoms with Crippen molar-refractivity contribution in [1.82, 2.24) is 5.32 Å². The molecule has 1 heterocycles. The molecule has 0 saturated carbocycles. The number of thioether (sulfide) groups is 1. The highest BCUT2D eigenvalue weighted by Crippen LogP contribution is 2.28. The van der Waals surface area contributed by atoms with Crippen LogP contribution in [0.25, 0.3) is 0 Å². The number of aliphatic imine (C=N–C) groups is 1. The van der Waals surface area contributed by atoms with Crippen molar-refractivity contribution in [2.45, 2.75) is 26.0 Å². The standard InChI is InChI=1S/C13H16N2OS.H2/c1-8(2)11-12(16)15-13(17-11)14-10-7-5-4-6-9(10)3;/h4-8,11H,1-3H3,(H,14,15,16);1H. The number of amidine groups is 1. The van der Waals surface area contributed by atoms with E-state index in [0.29, 0.717) is 11.1 Å². The molecule has 1 amide bonds. The third-order valence-corrected chi connectivity index (χ3v) is 4.10. The molecule has 1 unspecified atom stereocenters. The number of aryl methyl sites for hydroxylation is 1. The summed E-state index contributed by atoms with van der Waals surface area (Å²) >= 11 is 1.52. The number of carbonyl (C=O) groups excluding carboxylic acids is 1. The summed E-state index contributed by atoms with van der Waals surface area (Å²) in [7, 11) is 0. The van der Waals surface area contributed by atoms with Crippen LogP contribution in [0, 0.1) is 12.8 Å². The first-order valence-electron chi connectivity index (χ1n) is 5.70. The van der Waals surface area contributed by atoms with Crippen LogP contribution in [0.1, 0.15) is 20.8 Å². The number of nitrogens with one attached hydrogen (secondary N) is 1. The fraction of sp³-hybridized carbons (Fsp3) is 0.385. The molecule has 3 nitrogen and oxygen atoms in total. The van der Waals surface area contributed by atoms with Gasteiger partial charge >= 0.3 is 0 Å². The molecule has 1 fully saturated rings. The first kappa shape index (κ1) is 12.2. The average molecular weight is 250 g/mol. The molecule has 1 aliphatic rings. The number of nitrogens with zero attached hydrogens (tertiary/aromatic N) is 1. The summed E-state index contributed by atoms with van der Waals surface area (Å²) < 4.78 is 0. The van der Waals surface area contributed by atoms with E-state index in [9.17, 15) is 4.79 Å². The van der Waals surface area contributed by atoms with Crippen molar-refractivity contribution in [3.63, 3.8) is 0 Å². The van der Waals surface area contributed by atoms with E-state index in [0.717, 1.165) is 11.3 Å². The summed E-state index contributed by atoms with van der Waals surface area (Å²) in [5.74, 6) is 0.391. The van der Waals surface area contributed by atoms with E-state index in [1.165, 1.54) is 11.8 Å². The molecule has 0 radical (unpaired) electrons. The normalized spacial score (nSPS) is 22.2. The first-order chi connectivity index (χ1) is 8.08. The van der Waals surface area contributed by atoms with Crippen molar-refractivity contribution in [3.8, 4) is 0 Å². The predicted octanol–water partition coefficient (Wildman–Crippen LogP) is 3.12.